The summed E-state index contributed by atoms with van der Waals surface area (Å²) in [6, 6.07) is 8.41. The van der Waals surface area contributed by atoms with Crippen molar-refractivity contribution in [1.82, 2.24) is 4.90 Å². The fraction of sp³-hybridized carbons (Fsp3) is 0.556. The minimum Gasteiger partial charge on any atom is -0.481 e. The van der Waals surface area contributed by atoms with Gasteiger partial charge >= 0.3 is 5.97 Å². The first kappa shape index (κ1) is 15.1. The third-order valence-corrected chi connectivity index (χ3v) is 5.04. The Labute approximate surface area is 131 Å². The number of carboxylic acid groups (broad SMARTS) is 1. The van der Waals surface area contributed by atoms with Crippen molar-refractivity contribution in [3.05, 3.63) is 35.4 Å². The molecular weight excluding hydrogens is 278 g/mol. The topological polar surface area (TPSA) is 57.6 Å². The van der Waals surface area contributed by atoms with Gasteiger partial charge in [-0.15, -0.1) is 0 Å². The summed E-state index contributed by atoms with van der Waals surface area (Å²) in [5.41, 5.74) is 2.68. The van der Waals surface area contributed by atoms with Crippen LogP contribution in [0.25, 0.3) is 0 Å². The van der Waals surface area contributed by atoms with Crippen LogP contribution in [-0.2, 0) is 16.0 Å². The van der Waals surface area contributed by atoms with Gasteiger partial charge in [0.1, 0.15) is 0 Å². The van der Waals surface area contributed by atoms with Gasteiger partial charge in [-0.3, -0.25) is 9.59 Å². The summed E-state index contributed by atoms with van der Waals surface area (Å²) < 4.78 is 0. The van der Waals surface area contributed by atoms with Crippen LogP contribution in [0.3, 0.4) is 0 Å². The van der Waals surface area contributed by atoms with Crippen molar-refractivity contribution in [3.8, 4) is 0 Å². The van der Waals surface area contributed by atoms with Crippen LogP contribution >= 0.6 is 0 Å². The van der Waals surface area contributed by atoms with Gasteiger partial charge in [0.15, 0.2) is 0 Å². The van der Waals surface area contributed by atoms with Gasteiger partial charge in [-0.25, -0.2) is 0 Å². The maximum Gasteiger partial charge on any atom is 0.308 e. The zero-order valence-corrected chi connectivity index (χ0v) is 12.8. The van der Waals surface area contributed by atoms with E-state index in [1.165, 1.54) is 11.1 Å². The van der Waals surface area contributed by atoms with Crippen molar-refractivity contribution < 1.29 is 14.7 Å². The summed E-state index contributed by atoms with van der Waals surface area (Å²) in [6.07, 6.45) is 5.29. The number of piperidine rings is 1. The van der Waals surface area contributed by atoms with Crippen LogP contribution in [0.5, 0.6) is 0 Å². The van der Waals surface area contributed by atoms with Crippen molar-refractivity contribution >= 4 is 11.9 Å². The van der Waals surface area contributed by atoms with Crippen LogP contribution in [0.2, 0.25) is 0 Å². The Bertz CT molecular complexity index is 569. The van der Waals surface area contributed by atoms with Crippen LogP contribution in [-0.4, -0.2) is 35.0 Å². The van der Waals surface area contributed by atoms with Crippen molar-refractivity contribution in [1.29, 1.82) is 0 Å². The summed E-state index contributed by atoms with van der Waals surface area (Å²) in [4.78, 5) is 25.5. The predicted octanol–water partition coefficient (Wildman–Crippen LogP) is 2.82. The molecule has 4 nitrogen and oxygen atoms in total. The zero-order valence-electron chi connectivity index (χ0n) is 12.8. The fourth-order valence-corrected chi connectivity index (χ4v) is 3.81. The maximum absolute atomic E-state index is 12.6. The summed E-state index contributed by atoms with van der Waals surface area (Å²) in [7, 11) is 0. The van der Waals surface area contributed by atoms with E-state index >= 15 is 0 Å². The molecule has 0 aromatic heterocycles. The molecular formula is C18H23NO3. The highest BCUT2D eigenvalue weighted by Crippen LogP contribution is 2.34. The lowest BCUT2D eigenvalue weighted by Crippen LogP contribution is -2.42. The highest BCUT2D eigenvalue weighted by molar-refractivity contribution is 5.79. The number of aryl methyl sites for hydroxylation is 1. The largest absolute Gasteiger partial charge is 0.481 e. The van der Waals surface area contributed by atoms with Crippen molar-refractivity contribution in [2.45, 2.75) is 44.4 Å². The number of nitrogens with zero attached hydrogens (tertiary/aromatic N) is 1. The van der Waals surface area contributed by atoms with Gasteiger partial charge in [-0.1, -0.05) is 24.3 Å². The minimum absolute atomic E-state index is 0.118. The van der Waals surface area contributed by atoms with E-state index in [-0.39, 0.29) is 5.91 Å². The van der Waals surface area contributed by atoms with E-state index in [9.17, 15) is 9.59 Å². The van der Waals surface area contributed by atoms with Gasteiger partial charge < -0.3 is 10.0 Å². The Morgan fingerprint density at radius 3 is 2.82 bits per heavy atom. The number of carbonyl (C=O) groups is 2. The average molecular weight is 301 g/mol. The molecule has 2 unspecified atom stereocenters. The SMILES string of the molecule is O=C(O)C1CCCN(C(=O)CC2CCCc3ccccc32)C1. The number of fused-ring (bicyclic) bond motifs is 1. The Balaban J connectivity index is 1.66. The second-order valence-corrected chi connectivity index (χ2v) is 6.51. The summed E-state index contributed by atoms with van der Waals surface area (Å²) in [5, 5.41) is 9.15. The van der Waals surface area contributed by atoms with Crippen LogP contribution in [0.15, 0.2) is 24.3 Å². The molecule has 2 aliphatic rings. The van der Waals surface area contributed by atoms with E-state index in [1.807, 2.05) is 6.07 Å². The molecule has 1 aliphatic heterocycles. The lowest BCUT2D eigenvalue weighted by molar-refractivity contribution is -0.145. The molecule has 22 heavy (non-hydrogen) atoms. The third-order valence-electron chi connectivity index (χ3n) is 5.04. The number of amides is 1. The Kier molecular flexibility index (Phi) is 4.46. The Morgan fingerprint density at radius 2 is 2.00 bits per heavy atom. The Morgan fingerprint density at radius 1 is 1.18 bits per heavy atom. The number of carboxylic acids is 1. The molecule has 3 rings (SSSR count). The predicted molar refractivity (Wildman–Crippen MR) is 83.7 cm³/mol. The molecule has 0 bridgehead atoms. The second-order valence-electron chi connectivity index (χ2n) is 6.51. The van der Waals surface area contributed by atoms with E-state index in [2.05, 4.69) is 18.2 Å². The lowest BCUT2D eigenvalue weighted by Gasteiger charge is -2.33. The quantitative estimate of drug-likeness (QED) is 0.934. The molecule has 1 N–H and O–H groups in total. The normalized spacial score (nSPS) is 24.6. The molecule has 4 heteroatoms. The molecule has 1 aliphatic carbocycles. The van der Waals surface area contributed by atoms with Gasteiger partial charge in [0.25, 0.3) is 0 Å². The van der Waals surface area contributed by atoms with E-state index in [4.69, 9.17) is 5.11 Å². The average Bonchev–Trinajstić information content (AvgIpc) is 2.55. The molecule has 1 saturated heterocycles. The molecule has 118 valence electrons. The standard InChI is InChI=1S/C18H23NO3/c20-17(19-10-4-8-15(12-19)18(21)22)11-14-7-3-6-13-5-1-2-9-16(13)14/h1-2,5,9,14-15H,3-4,6-8,10-12H2,(H,21,22). The first-order valence-corrected chi connectivity index (χ1v) is 8.23. The molecule has 2 atom stereocenters. The number of benzene rings is 1. The molecule has 0 spiro atoms. The van der Waals surface area contributed by atoms with Crippen LogP contribution in [0.4, 0.5) is 0 Å². The van der Waals surface area contributed by atoms with Gasteiger partial charge in [0, 0.05) is 19.5 Å². The number of rotatable bonds is 3. The zero-order chi connectivity index (χ0) is 15.5. The molecule has 1 amide bonds. The summed E-state index contributed by atoms with van der Waals surface area (Å²) >= 11 is 0. The first-order valence-electron chi connectivity index (χ1n) is 8.23. The highest BCUT2D eigenvalue weighted by Gasteiger charge is 2.30. The van der Waals surface area contributed by atoms with Gasteiger partial charge in [0.2, 0.25) is 5.91 Å². The first-order chi connectivity index (χ1) is 10.6. The van der Waals surface area contributed by atoms with Gasteiger partial charge in [0.05, 0.1) is 5.92 Å². The fourth-order valence-electron chi connectivity index (χ4n) is 3.81. The number of carbonyl (C=O) groups excluding carboxylic acids is 1. The number of aliphatic carboxylic acids is 1. The van der Waals surface area contributed by atoms with E-state index < -0.39 is 11.9 Å². The summed E-state index contributed by atoms with van der Waals surface area (Å²) in [6.45, 7) is 1.08. The van der Waals surface area contributed by atoms with Gasteiger partial charge in [-0.2, -0.15) is 0 Å². The number of likely N-dealkylation sites (tertiary alicyclic amines) is 1. The van der Waals surface area contributed by atoms with Crippen molar-refractivity contribution in [2.75, 3.05) is 13.1 Å². The smallest absolute Gasteiger partial charge is 0.308 e. The monoisotopic (exact) mass is 301 g/mol. The van der Waals surface area contributed by atoms with Crippen LogP contribution < -0.4 is 0 Å². The molecule has 1 fully saturated rings. The molecule has 1 aromatic rings. The van der Waals surface area contributed by atoms with E-state index in [0.29, 0.717) is 31.8 Å². The highest BCUT2D eigenvalue weighted by atomic mass is 16.4. The van der Waals surface area contributed by atoms with E-state index in [0.717, 1.165) is 25.7 Å². The van der Waals surface area contributed by atoms with Crippen molar-refractivity contribution in [2.24, 2.45) is 5.92 Å². The second kappa shape index (κ2) is 6.51. The van der Waals surface area contributed by atoms with Crippen LogP contribution in [0.1, 0.15) is 49.1 Å². The minimum atomic E-state index is -0.777. The lowest BCUT2D eigenvalue weighted by atomic mass is 9.81. The third kappa shape index (κ3) is 3.16. The van der Waals surface area contributed by atoms with Crippen LogP contribution in [0, 0.1) is 5.92 Å². The maximum atomic E-state index is 12.6. The Hall–Kier alpha value is -1.84. The molecule has 0 saturated carbocycles. The van der Waals surface area contributed by atoms with Crippen molar-refractivity contribution in [3.63, 3.8) is 0 Å². The van der Waals surface area contributed by atoms with E-state index in [1.54, 1.807) is 4.90 Å². The van der Waals surface area contributed by atoms with Gasteiger partial charge in [-0.05, 0) is 49.1 Å². The summed E-state index contributed by atoms with van der Waals surface area (Å²) in [5.74, 6) is -0.757. The number of hydrogen-bond donors (Lipinski definition) is 1. The molecule has 1 aromatic carbocycles. The molecule has 1 heterocycles. The molecule has 0 radical (unpaired) electrons. The number of hydrogen-bond acceptors (Lipinski definition) is 2.